The molecule has 1 heterocycles. The number of rotatable bonds is 1. The molecule has 0 aromatic heterocycles. The Kier molecular flexibility index (Phi) is 6.98. The zero-order chi connectivity index (χ0) is 24.8. The van der Waals surface area contributed by atoms with Crippen molar-refractivity contribution in [3.63, 3.8) is 0 Å². The Hall–Kier alpha value is -1.99. The van der Waals surface area contributed by atoms with Crippen molar-refractivity contribution in [1.82, 2.24) is 0 Å². The summed E-state index contributed by atoms with van der Waals surface area (Å²) in [6.45, 7) is 27.3. The molecule has 0 radical (unpaired) electrons. The molecule has 0 nitrogen and oxygen atoms in total. The minimum atomic E-state index is 0.0715. The van der Waals surface area contributed by atoms with Gasteiger partial charge in [0, 0.05) is 16.1 Å². The molecule has 2 aromatic carbocycles. The van der Waals surface area contributed by atoms with Gasteiger partial charge in [0.25, 0.3) is 0 Å². The van der Waals surface area contributed by atoms with E-state index in [1.54, 1.807) is 0 Å². The van der Waals surface area contributed by atoms with Gasteiger partial charge >= 0.3 is 0 Å². The molecule has 1 heteroatoms. The van der Waals surface area contributed by atoms with E-state index in [0.717, 1.165) is 0 Å². The highest BCUT2D eigenvalue weighted by molar-refractivity contribution is 8.00. The lowest BCUT2D eigenvalue weighted by molar-refractivity contribution is 0.359. The molecule has 4 rings (SSSR count). The Balaban J connectivity index is 0.00000149. The van der Waals surface area contributed by atoms with E-state index < -0.39 is 0 Å². The highest BCUT2D eigenvalue weighted by Gasteiger charge is 2.45. The van der Waals surface area contributed by atoms with E-state index in [4.69, 9.17) is 0 Å². The quantitative estimate of drug-likeness (QED) is 0.383. The molecule has 2 aliphatic rings. The van der Waals surface area contributed by atoms with Crippen molar-refractivity contribution < 1.29 is 0 Å². The summed E-state index contributed by atoms with van der Waals surface area (Å²) in [5, 5.41) is 0.497. The number of hydrogen-bond donors (Lipinski definition) is 0. The molecular weight excluding hydrogens is 416 g/mol. The summed E-state index contributed by atoms with van der Waals surface area (Å²) in [7, 11) is 0. The molecule has 0 fully saturated rings. The van der Waals surface area contributed by atoms with Crippen LogP contribution in [-0.2, 0) is 10.8 Å². The van der Waals surface area contributed by atoms with E-state index in [-0.39, 0.29) is 16.2 Å². The summed E-state index contributed by atoms with van der Waals surface area (Å²) in [4.78, 5) is 1.48. The average molecular weight is 459 g/mol. The Bertz CT molecular complexity index is 1070. The standard InChI is InChI=1S/C30H38S.C2H4/c1-19-15-21(28(2,3)4)17-24-26(19)31-27-23(20-13-11-10-12-14-20)16-22(29(5,6)7)18-25(27)30(24,8)9;1-2/h10-18,24,26H,1-9H3;1-2H2. The fourth-order valence-corrected chi connectivity index (χ4v) is 6.79. The van der Waals surface area contributed by atoms with Crippen LogP contribution < -0.4 is 0 Å². The highest BCUT2D eigenvalue weighted by Crippen LogP contribution is 2.57. The molecule has 2 aromatic rings. The van der Waals surface area contributed by atoms with Crippen molar-refractivity contribution in [1.29, 1.82) is 0 Å². The smallest absolute Gasteiger partial charge is 0.0375 e. The summed E-state index contributed by atoms with van der Waals surface area (Å²) < 4.78 is 0. The van der Waals surface area contributed by atoms with E-state index >= 15 is 0 Å². The lowest BCUT2D eigenvalue weighted by atomic mass is 9.65. The molecule has 2 atom stereocenters. The maximum atomic E-state index is 3.00. The molecule has 0 saturated heterocycles. The molecule has 33 heavy (non-hydrogen) atoms. The van der Waals surface area contributed by atoms with Crippen LogP contribution in [0.3, 0.4) is 0 Å². The van der Waals surface area contributed by atoms with Gasteiger partial charge in [0.2, 0.25) is 0 Å². The zero-order valence-electron chi connectivity index (χ0n) is 22.2. The molecule has 0 bridgehead atoms. The molecule has 2 unspecified atom stereocenters. The van der Waals surface area contributed by atoms with Crippen LogP contribution >= 0.6 is 11.8 Å². The van der Waals surface area contributed by atoms with Gasteiger partial charge in [0.1, 0.15) is 0 Å². The Morgan fingerprint density at radius 3 is 2.03 bits per heavy atom. The first kappa shape index (κ1) is 25.6. The number of allylic oxidation sites excluding steroid dienone is 3. The monoisotopic (exact) mass is 458 g/mol. The SMILES string of the molecule is C=C.CC1=CC(C(C)(C)C)=CC2C1Sc1c(-c3ccccc3)cc(C(C)(C)C)cc1C2(C)C. The maximum absolute atomic E-state index is 3.00. The van der Waals surface area contributed by atoms with Crippen molar-refractivity contribution in [3.05, 3.63) is 90.0 Å². The fourth-order valence-electron chi connectivity index (χ4n) is 4.97. The molecule has 0 saturated carbocycles. The minimum Gasteiger partial charge on any atom is -0.117 e. The van der Waals surface area contributed by atoms with Crippen LogP contribution in [0.15, 0.2) is 83.8 Å². The fraction of sp³-hybridized carbons (Fsp3) is 0.438. The van der Waals surface area contributed by atoms with Gasteiger partial charge in [-0.1, -0.05) is 110 Å². The molecule has 0 spiro atoms. The Labute approximate surface area is 207 Å². The van der Waals surface area contributed by atoms with Gasteiger partial charge < -0.3 is 0 Å². The molecule has 0 N–H and O–H groups in total. The first-order valence-corrected chi connectivity index (χ1v) is 13.0. The summed E-state index contributed by atoms with van der Waals surface area (Å²) in [6.07, 6.45) is 5.06. The largest absolute Gasteiger partial charge is 0.117 e. The van der Waals surface area contributed by atoms with Gasteiger partial charge in [-0.05, 0) is 57.1 Å². The van der Waals surface area contributed by atoms with Crippen LogP contribution in [0.1, 0.15) is 73.4 Å². The maximum Gasteiger partial charge on any atom is 0.0375 e. The minimum absolute atomic E-state index is 0.0715. The normalized spacial score (nSPS) is 21.6. The molecular formula is C32H42S. The second kappa shape index (κ2) is 8.99. The zero-order valence-corrected chi connectivity index (χ0v) is 23.0. The van der Waals surface area contributed by atoms with Crippen molar-refractivity contribution >= 4 is 11.8 Å². The predicted molar refractivity (Wildman–Crippen MR) is 149 cm³/mol. The summed E-state index contributed by atoms with van der Waals surface area (Å²) in [5.41, 5.74) is 9.04. The van der Waals surface area contributed by atoms with Crippen LogP contribution in [0.25, 0.3) is 11.1 Å². The highest BCUT2D eigenvalue weighted by atomic mass is 32.2. The molecule has 1 aliphatic carbocycles. The summed E-state index contributed by atoms with van der Waals surface area (Å²) >= 11 is 2.09. The van der Waals surface area contributed by atoms with Crippen molar-refractivity contribution in [3.8, 4) is 11.1 Å². The number of benzene rings is 2. The second-order valence-corrected chi connectivity index (χ2v) is 13.2. The molecule has 176 valence electrons. The number of thioether (sulfide) groups is 1. The predicted octanol–water partition coefficient (Wildman–Crippen LogP) is 9.75. The third-order valence-corrected chi connectivity index (χ3v) is 8.79. The van der Waals surface area contributed by atoms with Gasteiger partial charge in [0.05, 0.1) is 0 Å². The average Bonchev–Trinajstić information content (AvgIpc) is 2.74. The third-order valence-electron chi connectivity index (χ3n) is 7.20. The van der Waals surface area contributed by atoms with Gasteiger partial charge in [-0.2, -0.15) is 0 Å². The van der Waals surface area contributed by atoms with Gasteiger partial charge in [0.15, 0.2) is 0 Å². The summed E-state index contributed by atoms with van der Waals surface area (Å²) in [5.74, 6) is 0.503. The van der Waals surface area contributed by atoms with Crippen LogP contribution in [0.5, 0.6) is 0 Å². The van der Waals surface area contributed by atoms with Crippen LogP contribution in [0.4, 0.5) is 0 Å². The van der Waals surface area contributed by atoms with Gasteiger partial charge in [-0.25, -0.2) is 0 Å². The van der Waals surface area contributed by atoms with E-state index in [0.29, 0.717) is 11.2 Å². The van der Waals surface area contributed by atoms with Crippen molar-refractivity contribution in [2.75, 3.05) is 0 Å². The second-order valence-electron chi connectivity index (χ2n) is 12.1. The van der Waals surface area contributed by atoms with Crippen molar-refractivity contribution in [2.24, 2.45) is 11.3 Å². The lowest BCUT2D eigenvalue weighted by Gasteiger charge is -2.48. The van der Waals surface area contributed by atoms with Crippen molar-refractivity contribution in [2.45, 2.75) is 83.3 Å². The lowest BCUT2D eigenvalue weighted by Crippen LogP contribution is -2.41. The van der Waals surface area contributed by atoms with Crippen LogP contribution in [0, 0.1) is 11.3 Å². The van der Waals surface area contributed by atoms with Gasteiger partial charge in [-0.3, -0.25) is 0 Å². The van der Waals surface area contributed by atoms with Crippen LogP contribution in [-0.4, -0.2) is 5.25 Å². The Morgan fingerprint density at radius 1 is 0.879 bits per heavy atom. The Morgan fingerprint density at radius 2 is 1.48 bits per heavy atom. The van der Waals surface area contributed by atoms with E-state index in [2.05, 4.69) is 142 Å². The first-order chi connectivity index (χ1) is 15.3. The van der Waals surface area contributed by atoms with Gasteiger partial charge in [-0.15, -0.1) is 24.9 Å². The first-order valence-electron chi connectivity index (χ1n) is 12.1. The van der Waals surface area contributed by atoms with Crippen LogP contribution in [0.2, 0.25) is 0 Å². The number of hydrogen-bond acceptors (Lipinski definition) is 1. The van der Waals surface area contributed by atoms with E-state index in [1.807, 2.05) is 0 Å². The third kappa shape index (κ3) is 4.80. The summed E-state index contributed by atoms with van der Waals surface area (Å²) in [6, 6.07) is 15.9. The topological polar surface area (TPSA) is 0 Å². The van der Waals surface area contributed by atoms with E-state index in [9.17, 15) is 0 Å². The number of fused-ring (bicyclic) bond motifs is 2. The van der Waals surface area contributed by atoms with E-state index in [1.165, 1.54) is 38.3 Å². The molecule has 1 aliphatic heterocycles. The molecule has 0 amide bonds.